The molecule has 0 aliphatic rings. The van der Waals surface area contributed by atoms with Gasteiger partial charge in [0.1, 0.15) is 0 Å². The molecule has 43 heavy (non-hydrogen) atoms. The van der Waals surface area contributed by atoms with Gasteiger partial charge in [-0.15, -0.1) is 0 Å². The summed E-state index contributed by atoms with van der Waals surface area (Å²) in [6.07, 6.45) is 0. The Bertz CT molecular complexity index is 2270. The molecule has 0 amide bonds. The van der Waals surface area contributed by atoms with E-state index >= 15 is 0 Å². The van der Waals surface area contributed by atoms with Crippen LogP contribution in [0.1, 0.15) is 5.56 Å². The first-order valence-corrected chi connectivity index (χ1v) is 14.9. The molecule has 0 spiro atoms. The molecule has 0 atom stereocenters. The Morgan fingerprint density at radius 1 is 0.233 bits per heavy atom. The normalized spacial score (nSPS) is 11.4. The lowest BCUT2D eigenvalue weighted by atomic mass is 9.91. The van der Waals surface area contributed by atoms with Gasteiger partial charge in [-0.25, -0.2) is 0 Å². The second-order valence-corrected chi connectivity index (χ2v) is 11.5. The number of benzene rings is 8. The summed E-state index contributed by atoms with van der Waals surface area (Å²) in [5, 5.41) is 7.82. The van der Waals surface area contributed by atoms with Crippen LogP contribution in [0.25, 0.3) is 76.8 Å². The third kappa shape index (κ3) is 4.58. The molecule has 0 aliphatic carbocycles. The maximum absolute atomic E-state index is 2.37. The summed E-state index contributed by atoms with van der Waals surface area (Å²) in [4.78, 5) is 0. The zero-order chi connectivity index (χ0) is 28.8. The van der Waals surface area contributed by atoms with Crippen LogP contribution in [0, 0.1) is 6.92 Å². The van der Waals surface area contributed by atoms with Crippen LogP contribution in [0.2, 0.25) is 0 Å². The lowest BCUT2D eigenvalue weighted by Crippen LogP contribution is -1.86. The van der Waals surface area contributed by atoms with E-state index in [4.69, 9.17) is 0 Å². The highest BCUT2D eigenvalue weighted by Gasteiger charge is 2.11. The molecular weight excluding hydrogens is 516 g/mol. The third-order valence-electron chi connectivity index (χ3n) is 8.68. The fraction of sp³-hybridized carbons (Fsp3) is 0.0233. The highest BCUT2D eigenvalue weighted by atomic mass is 14.1. The van der Waals surface area contributed by atoms with Crippen molar-refractivity contribution < 1.29 is 0 Å². The molecule has 0 saturated carbocycles. The molecule has 8 aromatic carbocycles. The van der Waals surface area contributed by atoms with Crippen molar-refractivity contribution in [1.82, 2.24) is 0 Å². The first-order valence-electron chi connectivity index (χ1n) is 14.9. The molecule has 0 heteroatoms. The van der Waals surface area contributed by atoms with Crippen molar-refractivity contribution in [1.29, 1.82) is 0 Å². The molecule has 0 N–H and O–H groups in total. The summed E-state index contributed by atoms with van der Waals surface area (Å²) >= 11 is 0. The van der Waals surface area contributed by atoms with Gasteiger partial charge in [0, 0.05) is 0 Å². The van der Waals surface area contributed by atoms with Crippen molar-refractivity contribution >= 4 is 32.3 Å². The largest absolute Gasteiger partial charge is 0.0616 e. The zero-order valence-corrected chi connectivity index (χ0v) is 24.1. The Kier molecular flexibility index (Phi) is 6.12. The number of aryl methyl sites for hydroxylation is 1. The van der Waals surface area contributed by atoms with Crippen LogP contribution in [0.5, 0.6) is 0 Å². The summed E-state index contributed by atoms with van der Waals surface area (Å²) in [6.45, 7) is 2.15. The molecule has 0 aliphatic heterocycles. The predicted molar refractivity (Wildman–Crippen MR) is 185 cm³/mol. The van der Waals surface area contributed by atoms with Gasteiger partial charge in [-0.1, -0.05) is 145 Å². The predicted octanol–water partition coefficient (Wildman–Crippen LogP) is 12.1. The van der Waals surface area contributed by atoms with Gasteiger partial charge < -0.3 is 0 Å². The van der Waals surface area contributed by atoms with Crippen LogP contribution in [-0.2, 0) is 0 Å². The molecule has 0 radical (unpaired) electrons. The lowest BCUT2D eigenvalue weighted by Gasteiger charge is -2.13. The standard InChI is InChI=1S/C43H30/c1-29-10-6-11-30(24-29)31-12-7-13-32(25-31)33-14-8-15-34(26-33)35-16-9-17-36(27-35)37-22-23-42-40-20-3-2-18-38(40)39-19-4-5-21-41(39)43(42)28-37/h2-28H,1H3. The van der Waals surface area contributed by atoms with E-state index in [1.54, 1.807) is 0 Å². The Hall–Kier alpha value is -5.46. The summed E-state index contributed by atoms with van der Waals surface area (Å²) in [5.41, 5.74) is 11.1. The Labute approximate surface area is 252 Å². The lowest BCUT2D eigenvalue weighted by molar-refractivity contribution is 1.47. The van der Waals surface area contributed by atoms with Gasteiger partial charge in [0.2, 0.25) is 0 Å². The molecule has 0 heterocycles. The van der Waals surface area contributed by atoms with Crippen LogP contribution in [0.3, 0.4) is 0 Å². The maximum Gasteiger partial charge on any atom is -0.00928 e. The first kappa shape index (κ1) is 25.3. The van der Waals surface area contributed by atoms with Gasteiger partial charge in [-0.3, -0.25) is 0 Å². The molecule has 0 saturated heterocycles. The second-order valence-electron chi connectivity index (χ2n) is 11.5. The van der Waals surface area contributed by atoms with Gasteiger partial charge >= 0.3 is 0 Å². The van der Waals surface area contributed by atoms with Gasteiger partial charge in [0.05, 0.1) is 0 Å². The first-order chi connectivity index (χ1) is 21.2. The van der Waals surface area contributed by atoms with E-state index in [9.17, 15) is 0 Å². The van der Waals surface area contributed by atoms with Crippen molar-refractivity contribution in [3.8, 4) is 44.5 Å². The van der Waals surface area contributed by atoms with Crippen LogP contribution in [0.15, 0.2) is 164 Å². The number of hydrogen-bond donors (Lipinski definition) is 0. The van der Waals surface area contributed by atoms with Crippen molar-refractivity contribution in [2.45, 2.75) is 6.92 Å². The quantitative estimate of drug-likeness (QED) is 0.193. The van der Waals surface area contributed by atoms with E-state index in [1.165, 1.54) is 82.4 Å². The molecular formula is C43H30. The van der Waals surface area contributed by atoms with E-state index in [-0.39, 0.29) is 0 Å². The van der Waals surface area contributed by atoms with Crippen molar-refractivity contribution in [3.63, 3.8) is 0 Å². The van der Waals surface area contributed by atoms with E-state index in [0.717, 1.165) is 0 Å². The fourth-order valence-electron chi connectivity index (χ4n) is 6.55. The average molecular weight is 547 g/mol. The SMILES string of the molecule is Cc1cccc(-c2cccc(-c3cccc(-c4cccc(-c5ccc6c7ccccc7c7ccccc7c6c5)c4)c3)c2)c1. The van der Waals surface area contributed by atoms with Gasteiger partial charge in [-0.05, 0) is 108 Å². The topological polar surface area (TPSA) is 0 Å². The van der Waals surface area contributed by atoms with E-state index in [1.807, 2.05) is 0 Å². The Morgan fingerprint density at radius 3 is 0.977 bits per heavy atom. The summed E-state index contributed by atoms with van der Waals surface area (Å²) < 4.78 is 0. The molecule has 202 valence electrons. The molecule has 0 fully saturated rings. The van der Waals surface area contributed by atoms with Crippen LogP contribution < -0.4 is 0 Å². The van der Waals surface area contributed by atoms with Gasteiger partial charge in [0.25, 0.3) is 0 Å². The molecule has 8 aromatic rings. The van der Waals surface area contributed by atoms with Crippen molar-refractivity contribution in [2.24, 2.45) is 0 Å². The van der Waals surface area contributed by atoms with E-state index < -0.39 is 0 Å². The minimum Gasteiger partial charge on any atom is -0.0616 e. The van der Waals surface area contributed by atoms with E-state index in [2.05, 4.69) is 171 Å². The van der Waals surface area contributed by atoms with E-state index in [0.29, 0.717) is 0 Å². The number of hydrogen-bond acceptors (Lipinski definition) is 0. The van der Waals surface area contributed by atoms with Crippen LogP contribution in [0.4, 0.5) is 0 Å². The Balaban J connectivity index is 1.20. The van der Waals surface area contributed by atoms with Crippen molar-refractivity contribution in [3.05, 3.63) is 169 Å². The van der Waals surface area contributed by atoms with Gasteiger partial charge in [0.15, 0.2) is 0 Å². The molecule has 0 unspecified atom stereocenters. The average Bonchev–Trinajstić information content (AvgIpc) is 3.08. The molecule has 0 nitrogen and oxygen atoms in total. The van der Waals surface area contributed by atoms with Crippen LogP contribution in [-0.4, -0.2) is 0 Å². The summed E-state index contributed by atoms with van der Waals surface area (Å²) in [5.74, 6) is 0. The third-order valence-corrected chi connectivity index (χ3v) is 8.68. The smallest absolute Gasteiger partial charge is 0.00928 e. The highest BCUT2D eigenvalue weighted by Crippen LogP contribution is 2.38. The fourth-order valence-corrected chi connectivity index (χ4v) is 6.55. The molecule has 8 rings (SSSR count). The minimum atomic E-state index is 1.22. The second kappa shape index (κ2) is 10.4. The molecule has 0 aromatic heterocycles. The molecule has 0 bridgehead atoms. The Morgan fingerprint density at radius 2 is 0.558 bits per heavy atom. The summed E-state index contributed by atoms with van der Waals surface area (Å²) in [6, 6.07) is 59.9. The van der Waals surface area contributed by atoms with Crippen LogP contribution >= 0.6 is 0 Å². The van der Waals surface area contributed by atoms with Crippen molar-refractivity contribution in [2.75, 3.05) is 0 Å². The number of rotatable bonds is 4. The maximum atomic E-state index is 2.37. The highest BCUT2D eigenvalue weighted by molar-refractivity contribution is 6.25. The number of fused-ring (bicyclic) bond motifs is 6. The summed E-state index contributed by atoms with van der Waals surface area (Å²) in [7, 11) is 0. The zero-order valence-electron chi connectivity index (χ0n) is 24.1. The van der Waals surface area contributed by atoms with Gasteiger partial charge in [-0.2, -0.15) is 0 Å². The monoisotopic (exact) mass is 546 g/mol. The minimum absolute atomic E-state index is 1.22.